The van der Waals surface area contributed by atoms with Crippen LogP contribution in [-0.2, 0) is 37.1 Å². The van der Waals surface area contributed by atoms with Crippen molar-refractivity contribution < 1.29 is 23.9 Å². The lowest BCUT2D eigenvalue weighted by Crippen LogP contribution is -2.81. The van der Waals surface area contributed by atoms with Crippen LogP contribution >= 0.6 is 11.8 Å². The highest BCUT2D eigenvalue weighted by atomic mass is 32.2. The summed E-state index contributed by atoms with van der Waals surface area (Å²) < 4.78 is 11.3. The van der Waals surface area contributed by atoms with Crippen LogP contribution in [0, 0.1) is 6.92 Å². The number of ether oxygens (including phenoxy) is 2. The molecule has 2 aromatic rings. The third-order valence-electron chi connectivity index (χ3n) is 7.96. The van der Waals surface area contributed by atoms with E-state index in [9.17, 15) is 14.4 Å². The zero-order valence-electron chi connectivity index (χ0n) is 22.6. The summed E-state index contributed by atoms with van der Waals surface area (Å²) in [5.74, 6) is -0.971. The monoisotopic (exact) mass is 551 g/mol. The maximum atomic E-state index is 13.9. The molecule has 2 aromatic carbocycles. The Morgan fingerprint density at radius 3 is 2.49 bits per heavy atom. The van der Waals surface area contributed by atoms with Crippen LogP contribution in [0.1, 0.15) is 55.7 Å². The summed E-state index contributed by atoms with van der Waals surface area (Å²) in [7, 11) is 0. The fraction of sp³-hybridized carbons (Fsp3) is 0.500. The second kappa shape index (κ2) is 12.1. The van der Waals surface area contributed by atoms with Crippen LogP contribution < -0.4 is 10.6 Å². The second-order valence-corrected chi connectivity index (χ2v) is 12.1. The molecule has 0 bridgehead atoms. The molecule has 3 aliphatic rings. The van der Waals surface area contributed by atoms with Crippen LogP contribution in [-0.4, -0.2) is 57.7 Å². The number of benzene rings is 2. The molecule has 0 aromatic heterocycles. The van der Waals surface area contributed by atoms with Crippen molar-refractivity contribution in [3.8, 4) is 0 Å². The zero-order chi connectivity index (χ0) is 27.4. The average molecular weight is 552 g/mol. The molecule has 2 N–H and O–H groups in total. The summed E-state index contributed by atoms with van der Waals surface area (Å²) in [5.41, 5.74) is 1.96. The first-order valence-corrected chi connectivity index (χ1v) is 14.8. The van der Waals surface area contributed by atoms with E-state index in [1.165, 1.54) is 0 Å². The van der Waals surface area contributed by atoms with Gasteiger partial charge in [-0.2, -0.15) is 0 Å². The highest BCUT2D eigenvalue weighted by Crippen LogP contribution is 2.52. The summed E-state index contributed by atoms with van der Waals surface area (Å²) in [4.78, 5) is 42.0. The molecule has 3 saturated heterocycles. The Labute approximate surface area is 234 Å². The number of fused-ring (bicyclic) bond motifs is 2. The Bertz CT molecular complexity index is 1190. The molecule has 0 radical (unpaired) electrons. The van der Waals surface area contributed by atoms with Crippen molar-refractivity contribution in [2.75, 3.05) is 6.54 Å². The molecule has 5 rings (SSSR count). The van der Waals surface area contributed by atoms with Crippen molar-refractivity contribution in [3.05, 3.63) is 71.3 Å². The lowest BCUT2D eigenvalue weighted by Gasteiger charge is -2.54. The summed E-state index contributed by atoms with van der Waals surface area (Å²) in [6.45, 7) is 4.93. The van der Waals surface area contributed by atoms with Crippen LogP contribution in [0.2, 0.25) is 0 Å². The topological polar surface area (TPSA) is 97.0 Å². The molecular weight excluding hydrogens is 514 g/mol. The van der Waals surface area contributed by atoms with E-state index >= 15 is 0 Å². The minimum atomic E-state index is -0.940. The van der Waals surface area contributed by atoms with Crippen molar-refractivity contribution in [3.63, 3.8) is 0 Å². The minimum Gasteiger partial charge on any atom is -0.459 e. The van der Waals surface area contributed by atoms with Crippen molar-refractivity contribution >= 4 is 29.6 Å². The molecule has 39 heavy (non-hydrogen) atoms. The van der Waals surface area contributed by atoms with Gasteiger partial charge in [0.1, 0.15) is 30.2 Å². The summed E-state index contributed by atoms with van der Waals surface area (Å²) in [6.07, 6.45) is 3.63. The molecule has 0 aliphatic carbocycles. The number of carbonyl (C=O) groups is 3. The Kier molecular flexibility index (Phi) is 8.59. The van der Waals surface area contributed by atoms with Crippen molar-refractivity contribution in [1.82, 2.24) is 15.5 Å². The third kappa shape index (κ3) is 5.71. The van der Waals surface area contributed by atoms with Gasteiger partial charge in [0, 0.05) is 5.25 Å². The molecule has 2 unspecified atom stereocenters. The Hall–Kier alpha value is -2.88. The largest absolute Gasteiger partial charge is 0.459 e. The molecule has 0 saturated carbocycles. The van der Waals surface area contributed by atoms with Gasteiger partial charge >= 0.3 is 11.9 Å². The number of nitrogens with one attached hydrogen (secondary N) is 2. The predicted octanol–water partition coefficient (Wildman–Crippen LogP) is 3.66. The van der Waals surface area contributed by atoms with Crippen molar-refractivity contribution in [2.24, 2.45) is 0 Å². The van der Waals surface area contributed by atoms with Gasteiger partial charge in [-0.05, 0) is 43.0 Å². The average Bonchev–Trinajstić information content (AvgIpc) is 3.28. The maximum Gasteiger partial charge on any atom is 0.338 e. The highest BCUT2D eigenvalue weighted by Gasteiger charge is 2.69. The number of hydrogen-bond donors (Lipinski definition) is 2. The fourth-order valence-corrected chi connectivity index (χ4v) is 7.39. The molecule has 1 spiro atoms. The third-order valence-corrected chi connectivity index (χ3v) is 9.53. The molecule has 3 fully saturated rings. The molecular formula is C30H37N3O5S. The van der Waals surface area contributed by atoms with Gasteiger partial charge in [-0.1, -0.05) is 80.8 Å². The van der Waals surface area contributed by atoms with E-state index in [-0.39, 0.29) is 35.7 Å². The number of thioether (sulfide) groups is 1. The van der Waals surface area contributed by atoms with Gasteiger partial charge in [0.25, 0.3) is 0 Å². The quantitative estimate of drug-likeness (QED) is 0.415. The molecule has 9 heteroatoms. The van der Waals surface area contributed by atoms with Gasteiger partial charge in [-0.3, -0.25) is 15.4 Å². The lowest BCUT2D eigenvalue weighted by molar-refractivity contribution is -0.172. The van der Waals surface area contributed by atoms with Crippen molar-refractivity contribution in [2.45, 2.75) is 87.5 Å². The van der Waals surface area contributed by atoms with E-state index in [4.69, 9.17) is 9.47 Å². The van der Waals surface area contributed by atoms with Gasteiger partial charge < -0.3 is 14.4 Å². The molecule has 208 valence electrons. The molecule has 5 atom stereocenters. The van der Waals surface area contributed by atoms with E-state index in [1.807, 2.05) is 68.4 Å². The van der Waals surface area contributed by atoms with Gasteiger partial charge in [0.15, 0.2) is 6.17 Å². The number of nitrogens with zero attached hydrogens (tertiary/aromatic N) is 1. The van der Waals surface area contributed by atoms with E-state index < -0.39 is 23.7 Å². The maximum absolute atomic E-state index is 13.9. The number of aryl methyl sites for hydroxylation is 1. The Morgan fingerprint density at radius 2 is 1.69 bits per heavy atom. The van der Waals surface area contributed by atoms with E-state index in [1.54, 1.807) is 16.7 Å². The molecule has 3 heterocycles. The first kappa shape index (κ1) is 27.7. The standard InChI is InChI=1S/C30H37N3O5S/c1-20-12-8-9-15-23(20)19-38-26(34)24-21(2)39-29-30(28(36)33(24)29)16-10-3-4-11-17-31-25(32-30)27(35)37-18-22-13-6-5-7-14-22/h5-9,12-15,21,24-25,29,31-32H,3-4,10-11,16-19H2,1-2H3/t21?,24-,25?,29+,30+/m1/s1. The van der Waals surface area contributed by atoms with Gasteiger partial charge in [0.05, 0.1) is 0 Å². The predicted molar refractivity (Wildman–Crippen MR) is 149 cm³/mol. The zero-order valence-corrected chi connectivity index (χ0v) is 23.4. The second-order valence-electron chi connectivity index (χ2n) is 10.6. The van der Waals surface area contributed by atoms with Crippen LogP contribution in [0.3, 0.4) is 0 Å². The first-order chi connectivity index (χ1) is 18.9. The normalized spacial score (nSPS) is 28.9. The Balaban J connectivity index is 1.29. The number of hydrogen-bond acceptors (Lipinski definition) is 8. The van der Waals surface area contributed by atoms with Gasteiger partial charge in [-0.15, -0.1) is 11.8 Å². The smallest absolute Gasteiger partial charge is 0.338 e. The SMILES string of the molecule is Cc1ccccc1COC(=O)[C@H]1C(C)S[C@@H]2N1C(=O)[C@@]21CCCCCCNC(C(=O)OCc2ccccc2)N1. The summed E-state index contributed by atoms with van der Waals surface area (Å²) >= 11 is 1.60. The summed E-state index contributed by atoms with van der Waals surface area (Å²) in [6, 6.07) is 16.7. The minimum absolute atomic E-state index is 0.128. The number of amides is 1. The number of rotatable bonds is 6. The molecule has 1 amide bonds. The number of esters is 2. The summed E-state index contributed by atoms with van der Waals surface area (Å²) in [5, 5.41) is 6.28. The molecule has 8 nitrogen and oxygen atoms in total. The number of β-lactam (4-membered cyclic amide) rings is 1. The van der Waals surface area contributed by atoms with Crippen LogP contribution in [0.4, 0.5) is 0 Å². The van der Waals surface area contributed by atoms with Gasteiger partial charge in [0.2, 0.25) is 5.91 Å². The Morgan fingerprint density at radius 1 is 0.974 bits per heavy atom. The van der Waals surface area contributed by atoms with Crippen molar-refractivity contribution in [1.29, 1.82) is 0 Å². The van der Waals surface area contributed by atoms with E-state index in [2.05, 4.69) is 10.6 Å². The van der Waals surface area contributed by atoms with Gasteiger partial charge in [-0.25, -0.2) is 9.59 Å². The fourth-order valence-electron chi connectivity index (χ4n) is 5.71. The number of carbonyl (C=O) groups excluding carboxylic acids is 3. The van der Waals surface area contributed by atoms with Crippen LogP contribution in [0.5, 0.6) is 0 Å². The van der Waals surface area contributed by atoms with Crippen LogP contribution in [0.25, 0.3) is 0 Å². The van der Waals surface area contributed by atoms with Crippen LogP contribution in [0.15, 0.2) is 54.6 Å². The molecule has 3 aliphatic heterocycles. The first-order valence-electron chi connectivity index (χ1n) is 13.8. The highest BCUT2D eigenvalue weighted by molar-refractivity contribution is 8.01. The van der Waals surface area contributed by atoms with E-state index in [0.29, 0.717) is 13.0 Å². The van der Waals surface area contributed by atoms with E-state index in [0.717, 1.165) is 42.4 Å². The lowest BCUT2D eigenvalue weighted by atomic mass is 9.80.